The molecule has 1 N–H and O–H groups in total. The Morgan fingerprint density at radius 3 is 2.05 bits per heavy atom. The molecule has 0 unspecified atom stereocenters. The number of amides is 4. The molecule has 2 rings (SSSR count). The number of Topliss-reactive ketones (excluding diaryl/α,β-unsaturated/α-hetero) is 2. The van der Waals surface area contributed by atoms with Crippen molar-refractivity contribution in [2.75, 3.05) is 46.8 Å². The molecular weight excluding hydrogens is 512 g/mol. The Balaban J connectivity index is 1.65. The van der Waals surface area contributed by atoms with Crippen LogP contribution in [0.4, 0.5) is 0 Å². The molecule has 0 bridgehead atoms. The summed E-state index contributed by atoms with van der Waals surface area (Å²) in [6, 6.07) is 0. The number of imide groups is 1. The average molecular weight is 557 g/mol. The van der Waals surface area contributed by atoms with E-state index in [9.17, 15) is 28.8 Å². The molecule has 220 valence electrons. The number of rotatable bonds is 15. The van der Waals surface area contributed by atoms with E-state index in [1.807, 2.05) is 20.9 Å². The van der Waals surface area contributed by atoms with Gasteiger partial charge in [-0.15, -0.1) is 0 Å². The Hall–Kier alpha value is -3.40. The standard InChI is InChI=1S/C30H44N4O6/c1-20-21(2)29(40)27(22(3)28(20)39)30(4,5)19-26(38)33(7)18-17-32(6)15-10-8-9-11-23(35)31-14-16-34-24(36)12-13-25(34)37/h12-13H,8-11,14-19H2,1-7H3,(H,31,35). The Bertz CT molecular complexity index is 1130. The van der Waals surface area contributed by atoms with Crippen molar-refractivity contribution in [2.45, 2.75) is 66.7 Å². The van der Waals surface area contributed by atoms with Crippen LogP contribution >= 0.6 is 0 Å². The average Bonchev–Trinajstić information content (AvgIpc) is 3.21. The Kier molecular flexibility index (Phi) is 11.7. The molecule has 40 heavy (non-hydrogen) atoms. The van der Waals surface area contributed by atoms with E-state index < -0.39 is 5.41 Å². The maximum atomic E-state index is 13.0. The van der Waals surface area contributed by atoms with Gasteiger partial charge in [0.25, 0.3) is 11.8 Å². The molecule has 0 fully saturated rings. The first kappa shape index (κ1) is 32.8. The fraction of sp³-hybridized carbons (Fsp3) is 0.600. The fourth-order valence-corrected chi connectivity index (χ4v) is 4.96. The van der Waals surface area contributed by atoms with Crippen LogP contribution in [-0.4, -0.2) is 96.7 Å². The molecule has 0 aromatic carbocycles. The second kappa shape index (κ2) is 14.3. The molecule has 0 saturated heterocycles. The third kappa shape index (κ3) is 8.55. The highest BCUT2D eigenvalue weighted by Crippen LogP contribution is 2.39. The van der Waals surface area contributed by atoms with E-state index in [0.29, 0.717) is 41.8 Å². The highest BCUT2D eigenvalue weighted by molar-refractivity contribution is 6.25. The Morgan fingerprint density at radius 2 is 1.43 bits per heavy atom. The summed E-state index contributed by atoms with van der Waals surface area (Å²) in [6.45, 7) is 11.2. The maximum absolute atomic E-state index is 13.0. The van der Waals surface area contributed by atoms with E-state index in [1.165, 1.54) is 12.2 Å². The normalized spacial score (nSPS) is 16.1. The first-order valence-electron chi connectivity index (χ1n) is 13.9. The number of unbranched alkanes of at least 4 members (excludes halogenated alkanes) is 2. The van der Waals surface area contributed by atoms with Crippen molar-refractivity contribution in [2.24, 2.45) is 5.41 Å². The number of ketones is 2. The van der Waals surface area contributed by atoms with E-state index in [4.69, 9.17) is 0 Å². The van der Waals surface area contributed by atoms with Gasteiger partial charge in [-0.25, -0.2) is 0 Å². The summed E-state index contributed by atoms with van der Waals surface area (Å²) in [5.41, 5.74) is 1.02. The second-order valence-corrected chi connectivity index (χ2v) is 11.4. The number of carbonyl (C=O) groups excluding carboxylic acids is 6. The minimum Gasteiger partial charge on any atom is -0.354 e. The number of nitrogens with zero attached hydrogens (tertiary/aromatic N) is 3. The first-order chi connectivity index (χ1) is 18.7. The largest absolute Gasteiger partial charge is 0.354 e. The molecule has 10 nitrogen and oxygen atoms in total. The molecule has 0 atom stereocenters. The number of hydrogen-bond acceptors (Lipinski definition) is 7. The number of likely N-dealkylation sites (N-methyl/N-ethyl adjacent to an activating group) is 2. The zero-order chi connectivity index (χ0) is 30.2. The molecular formula is C30H44N4O6. The lowest BCUT2D eigenvalue weighted by molar-refractivity contribution is -0.137. The summed E-state index contributed by atoms with van der Waals surface area (Å²) in [6.07, 6.45) is 5.49. The van der Waals surface area contributed by atoms with E-state index in [1.54, 1.807) is 32.7 Å². The molecule has 0 spiro atoms. The third-order valence-corrected chi connectivity index (χ3v) is 7.70. The molecule has 0 saturated carbocycles. The summed E-state index contributed by atoms with van der Waals surface area (Å²) in [4.78, 5) is 78.4. The van der Waals surface area contributed by atoms with Crippen molar-refractivity contribution in [1.29, 1.82) is 0 Å². The highest BCUT2D eigenvalue weighted by atomic mass is 16.2. The first-order valence-corrected chi connectivity index (χ1v) is 13.9. The van der Waals surface area contributed by atoms with Crippen LogP contribution in [0.1, 0.15) is 66.7 Å². The fourth-order valence-electron chi connectivity index (χ4n) is 4.96. The Labute approximate surface area is 237 Å². The molecule has 0 aromatic rings. The minimum absolute atomic E-state index is 0.0800. The second-order valence-electron chi connectivity index (χ2n) is 11.4. The van der Waals surface area contributed by atoms with Crippen molar-refractivity contribution >= 4 is 35.2 Å². The Morgan fingerprint density at radius 1 is 0.825 bits per heavy atom. The van der Waals surface area contributed by atoms with Crippen molar-refractivity contribution in [3.63, 3.8) is 0 Å². The van der Waals surface area contributed by atoms with Crippen molar-refractivity contribution < 1.29 is 28.8 Å². The van der Waals surface area contributed by atoms with Crippen molar-refractivity contribution in [3.05, 3.63) is 34.4 Å². The molecule has 1 heterocycles. The van der Waals surface area contributed by atoms with E-state index >= 15 is 0 Å². The minimum atomic E-state index is -0.761. The van der Waals surface area contributed by atoms with Crippen LogP contribution in [0.5, 0.6) is 0 Å². The molecule has 10 heteroatoms. The molecule has 1 aliphatic heterocycles. The van der Waals surface area contributed by atoms with Gasteiger partial charge in [-0.2, -0.15) is 0 Å². The maximum Gasteiger partial charge on any atom is 0.253 e. The van der Waals surface area contributed by atoms with Gasteiger partial charge in [0.15, 0.2) is 11.6 Å². The van der Waals surface area contributed by atoms with Gasteiger partial charge in [0.1, 0.15) is 0 Å². The number of carbonyl (C=O) groups is 6. The topological polar surface area (TPSA) is 124 Å². The van der Waals surface area contributed by atoms with Crippen LogP contribution in [0.25, 0.3) is 0 Å². The predicted octanol–water partition coefficient (Wildman–Crippen LogP) is 2.20. The van der Waals surface area contributed by atoms with Crippen LogP contribution in [0, 0.1) is 5.41 Å². The predicted molar refractivity (Wildman–Crippen MR) is 152 cm³/mol. The monoisotopic (exact) mass is 556 g/mol. The van der Waals surface area contributed by atoms with Crippen LogP contribution in [0.15, 0.2) is 34.4 Å². The third-order valence-electron chi connectivity index (χ3n) is 7.70. The van der Waals surface area contributed by atoms with Gasteiger partial charge in [0, 0.05) is 85.9 Å². The van der Waals surface area contributed by atoms with Crippen LogP contribution in [-0.2, 0) is 28.8 Å². The van der Waals surface area contributed by atoms with Gasteiger partial charge in [-0.1, -0.05) is 20.3 Å². The van der Waals surface area contributed by atoms with E-state index in [-0.39, 0.29) is 54.7 Å². The van der Waals surface area contributed by atoms with Crippen LogP contribution < -0.4 is 5.32 Å². The van der Waals surface area contributed by atoms with Crippen LogP contribution in [0.3, 0.4) is 0 Å². The molecule has 1 aliphatic carbocycles. The van der Waals surface area contributed by atoms with Gasteiger partial charge in [0.2, 0.25) is 11.8 Å². The molecule has 0 radical (unpaired) electrons. The zero-order valence-corrected chi connectivity index (χ0v) is 25.0. The van der Waals surface area contributed by atoms with E-state index in [0.717, 1.165) is 30.7 Å². The highest BCUT2D eigenvalue weighted by Gasteiger charge is 2.38. The summed E-state index contributed by atoms with van der Waals surface area (Å²) in [5, 5.41) is 2.74. The van der Waals surface area contributed by atoms with Crippen molar-refractivity contribution in [3.8, 4) is 0 Å². The lowest BCUT2D eigenvalue weighted by Gasteiger charge is -2.33. The summed E-state index contributed by atoms with van der Waals surface area (Å²) >= 11 is 0. The lowest BCUT2D eigenvalue weighted by atomic mass is 9.71. The molecule has 0 aromatic heterocycles. The van der Waals surface area contributed by atoms with Gasteiger partial charge < -0.3 is 15.1 Å². The summed E-state index contributed by atoms with van der Waals surface area (Å²) in [7, 11) is 3.74. The SMILES string of the molecule is CC1=C(C)C(=O)C(C(C)(C)CC(=O)N(C)CCN(C)CCCCCC(=O)NCCN2C(=O)C=CC2=O)=C(C)C1=O. The smallest absolute Gasteiger partial charge is 0.253 e. The van der Waals surface area contributed by atoms with Gasteiger partial charge in [0.05, 0.1) is 0 Å². The molecule has 4 amide bonds. The summed E-state index contributed by atoms with van der Waals surface area (Å²) < 4.78 is 0. The van der Waals surface area contributed by atoms with Gasteiger partial charge in [-0.3, -0.25) is 33.7 Å². The van der Waals surface area contributed by atoms with E-state index in [2.05, 4.69) is 10.2 Å². The molecule has 2 aliphatic rings. The summed E-state index contributed by atoms with van der Waals surface area (Å²) in [5.74, 6) is -1.17. The van der Waals surface area contributed by atoms with Crippen LogP contribution in [0.2, 0.25) is 0 Å². The number of hydrogen-bond donors (Lipinski definition) is 1. The zero-order valence-electron chi connectivity index (χ0n) is 25.0. The quantitative estimate of drug-likeness (QED) is 0.186. The van der Waals surface area contributed by atoms with Gasteiger partial charge in [-0.05, 0) is 47.2 Å². The lowest BCUT2D eigenvalue weighted by Crippen LogP contribution is -2.39. The van der Waals surface area contributed by atoms with Gasteiger partial charge >= 0.3 is 0 Å². The number of allylic oxidation sites excluding steroid dienone is 4. The number of nitrogens with one attached hydrogen (secondary N) is 1. The van der Waals surface area contributed by atoms with Crippen molar-refractivity contribution in [1.82, 2.24) is 20.0 Å².